The molecule has 2 aromatic rings. The molecule has 2 rings (SSSR count). The molecule has 1 atom stereocenters. The fourth-order valence-corrected chi connectivity index (χ4v) is 3.41. The van der Waals surface area contributed by atoms with Gasteiger partial charge in [0.2, 0.25) is 0 Å². The zero-order valence-electron chi connectivity index (χ0n) is 11.1. The van der Waals surface area contributed by atoms with E-state index in [0.29, 0.717) is 0 Å². The van der Waals surface area contributed by atoms with Gasteiger partial charge in [-0.05, 0) is 29.3 Å². The van der Waals surface area contributed by atoms with Gasteiger partial charge >= 0.3 is 0 Å². The quantitative estimate of drug-likeness (QED) is 0.624. The lowest BCUT2D eigenvalue weighted by atomic mass is 10.1. The van der Waals surface area contributed by atoms with Crippen LogP contribution in [0.2, 0.25) is 0 Å². The van der Waals surface area contributed by atoms with Crippen LogP contribution in [0.5, 0.6) is 0 Å². The molecule has 19 heavy (non-hydrogen) atoms. The van der Waals surface area contributed by atoms with Crippen molar-refractivity contribution in [3.63, 3.8) is 0 Å². The zero-order valence-corrected chi connectivity index (χ0v) is 13.5. The molecule has 0 bridgehead atoms. The van der Waals surface area contributed by atoms with Gasteiger partial charge in [0.15, 0.2) is 0 Å². The summed E-state index contributed by atoms with van der Waals surface area (Å²) in [7, 11) is 0. The first-order chi connectivity index (χ1) is 9.15. The minimum absolute atomic E-state index is 0.00831. The molecule has 0 amide bonds. The summed E-state index contributed by atoms with van der Waals surface area (Å²) in [4.78, 5) is 4.49. The number of nitrogens with zero attached hydrogens (tertiary/aromatic N) is 3. The highest BCUT2D eigenvalue weighted by Crippen LogP contribution is 2.26. The van der Waals surface area contributed by atoms with Crippen molar-refractivity contribution in [3.8, 4) is 0 Å². The Morgan fingerprint density at radius 3 is 2.95 bits per heavy atom. The lowest BCUT2D eigenvalue weighted by Crippen LogP contribution is -2.31. The van der Waals surface area contributed by atoms with Crippen molar-refractivity contribution in [3.05, 3.63) is 32.4 Å². The van der Waals surface area contributed by atoms with Crippen LogP contribution in [0.1, 0.15) is 35.8 Å². The summed E-state index contributed by atoms with van der Waals surface area (Å²) in [6.07, 6.45) is 3.63. The van der Waals surface area contributed by atoms with E-state index < -0.39 is 0 Å². The number of hydrazine groups is 1. The van der Waals surface area contributed by atoms with E-state index >= 15 is 0 Å². The summed E-state index contributed by atoms with van der Waals surface area (Å²) in [5.74, 6) is 5.72. The van der Waals surface area contributed by atoms with E-state index in [4.69, 9.17) is 5.84 Å². The molecule has 0 aromatic carbocycles. The first-order valence-electron chi connectivity index (χ1n) is 6.24. The number of nitrogens with two attached hydrogens (primary N) is 1. The zero-order chi connectivity index (χ0) is 13.8. The van der Waals surface area contributed by atoms with Gasteiger partial charge in [-0.15, -0.1) is 11.3 Å². The maximum absolute atomic E-state index is 5.72. The predicted molar refractivity (Wildman–Crippen MR) is 80.8 cm³/mol. The third-order valence-electron chi connectivity index (χ3n) is 2.85. The Morgan fingerprint density at radius 2 is 2.37 bits per heavy atom. The number of aromatic nitrogens is 3. The average molecular weight is 344 g/mol. The molecule has 0 saturated heterocycles. The standard InChI is InChI=1S/C12H18BrN5S/c1-3-4-18-12(9(13)6-15-18)10(17-14)5-11-16-8(2)7-19-11/h6-7,10,17H,3-5,14H2,1-2H3. The normalized spacial score (nSPS) is 12.8. The minimum Gasteiger partial charge on any atom is -0.271 e. The molecule has 0 fully saturated rings. The van der Waals surface area contributed by atoms with E-state index in [1.807, 2.05) is 17.8 Å². The van der Waals surface area contributed by atoms with Crippen LogP contribution in [0, 0.1) is 6.92 Å². The number of aryl methyl sites for hydroxylation is 2. The van der Waals surface area contributed by atoms with Crippen LogP contribution in [0.15, 0.2) is 16.0 Å². The number of halogens is 1. The Kier molecular flexibility index (Phi) is 5.09. The van der Waals surface area contributed by atoms with Crippen molar-refractivity contribution in [2.24, 2.45) is 5.84 Å². The van der Waals surface area contributed by atoms with Gasteiger partial charge in [0.05, 0.1) is 27.4 Å². The largest absolute Gasteiger partial charge is 0.271 e. The smallest absolute Gasteiger partial charge is 0.0948 e. The molecule has 104 valence electrons. The van der Waals surface area contributed by atoms with Gasteiger partial charge in [-0.3, -0.25) is 16.0 Å². The minimum atomic E-state index is 0.00831. The predicted octanol–water partition coefficient (Wildman–Crippen LogP) is 2.57. The van der Waals surface area contributed by atoms with Gasteiger partial charge in [0.25, 0.3) is 0 Å². The van der Waals surface area contributed by atoms with Gasteiger partial charge in [-0.2, -0.15) is 5.10 Å². The topological polar surface area (TPSA) is 68.8 Å². The molecular weight excluding hydrogens is 326 g/mol. The first-order valence-corrected chi connectivity index (χ1v) is 7.91. The third-order valence-corrected chi connectivity index (χ3v) is 4.45. The van der Waals surface area contributed by atoms with Crippen LogP contribution in [0.25, 0.3) is 0 Å². The van der Waals surface area contributed by atoms with Crippen molar-refractivity contribution in [2.45, 2.75) is 39.3 Å². The monoisotopic (exact) mass is 343 g/mol. The number of thiazole rings is 1. The third kappa shape index (κ3) is 3.42. The van der Waals surface area contributed by atoms with E-state index in [-0.39, 0.29) is 6.04 Å². The van der Waals surface area contributed by atoms with Crippen LogP contribution < -0.4 is 11.3 Å². The molecule has 7 heteroatoms. The average Bonchev–Trinajstić information content (AvgIpc) is 2.94. The van der Waals surface area contributed by atoms with E-state index in [9.17, 15) is 0 Å². The first kappa shape index (κ1) is 14.6. The lowest BCUT2D eigenvalue weighted by molar-refractivity contribution is 0.476. The highest BCUT2D eigenvalue weighted by molar-refractivity contribution is 9.10. The molecule has 2 heterocycles. The maximum atomic E-state index is 5.72. The summed E-state index contributed by atoms with van der Waals surface area (Å²) >= 11 is 5.22. The second-order valence-corrected chi connectivity index (χ2v) is 6.20. The van der Waals surface area contributed by atoms with Gasteiger partial charge in [-0.25, -0.2) is 4.98 Å². The van der Waals surface area contributed by atoms with E-state index in [0.717, 1.165) is 40.3 Å². The lowest BCUT2D eigenvalue weighted by Gasteiger charge is -2.17. The van der Waals surface area contributed by atoms with E-state index in [1.54, 1.807) is 11.3 Å². The van der Waals surface area contributed by atoms with Crippen LogP contribution >= 0.6 is 27.3 Å². The summed E-state index contributed by atoms with van der Waals surface area (Å²) < 4.78 is 2.98. The van der Waals surface area contributed by atoms with Crippen molar-refractivity contribution in [1.29, 1.82) is 0 Å². The van der Waals surface area contributed by atoms with Gasteiger partial charge in [-0.1, -0.05) is 6.92 Å². The van der Waals surface area contributed by atoms with Crippen molar-refractivity contribution < 1.29 is 0 Å². The molecule has 0 radical (unpaired) electrons. The van der Waals surface area contributed by atoms with Crippen LogP contribution in [-0.4, -0.2) is 14.8 Å². The van der Waals surface area contributed by atoms with Gasteiger partial charge < -0.3 is 0 Å². The van der Waals surface area contributed by atoms with Crippen molar-refractivity contribution in [1.82, 2.24) is 20.2 Å². The summed E-state index contributed by atoms with van der Waals surface area (Å²) in [5.41, 5.74) is 5.01. The number of hydrogen-bond acceptors (Lipinski definition) is 5. The summed E-state index contributed by atoms with van der Waals surface area (Å²) in [5, 5.41) is 7.52. The van der Waals surface area contributed by atoms with Gasteiger partial charge in [0.1, 0.15) is 0 Å². The Bertz CT molecular complexity index is 536. The molecular formula is C12H18BrN5S. The molecule has 0 aliphatic heterocycles. The highest BCUT2D eigenvalue weighted by Gasteiger charge is 2.20. The summed E-state index contributed by atoms with van der Waals surface area (Å²) in [6, 6.07) is 0.00831. The van der Waals surface area contributed by atoms with Crippen LogP contribution in [0.3, 0.4) is 0 Å². The molecule has 0 saturated carbocycles. The maximum Gasteiger partial charge on any atom is 0.0948 e. The molecule has 1 unspecified atom stereocenters. The Labute approximate surface area is 125 Å². The Balaban J connectivity index is 2.23. The number of nitrogens with one attached hydrogen (secondary N) is 1. The fourth-order valence-electron chi connectivity index (χ4n) is 2.01. The SMILES string of the molecule is CCCn1ncc(Br)c1C(Cc1nc(C)cs1)NN. The van der Waals surface area contributed by atoms with Crippen LogP contribution in [-0.2, 0) is 13.0 Å². The molecule has 2 aromatic heterocycles. The molecule has 0 aliphatic carbocycles. The van der Waals surface area contributed by atoms with E-state index in [2.05, 4.69) is 43.7 Å². The Morgan fingerprint density at radius 1 is 1.58 bits per heavy atom. The molecule has 5 nitrogen and oxygen atoms in total. The second-order valence-electron chi connectivity index (χ2n) is 4.41. The second kappa shape index (κ2) is 6.60. The van der Waals surface area contributed by atoms with E-state index in [1.165, 1.54) is 0 Å². The van der Waals surface area contributed by atoms with Gasteiger partial charge in [0, 0.05) is 24.0 Å². The molecule has 3 N–H and O–H groups in total. The number of hydrogen-bond donors (Lipinski definition) is 2. The molecule has 0 spiro atoms. The highest BCUT2D eigenvalue weighted by atomic mass is 79.9. The molecule has 0 aliphatic rings. The summed E-state index contributed by atoms with van der Waals surface area (Å²) in [6.45, 7) is 5.02. The Hall–Kier alpha value is -0.760. The van der Waals surface area contributed by atoms with Crippen LogP contribution in [0.4, 0.5) is 0 Å². The fraction of sp³-hybridized carbons (Fsp3) is 0.500. The van der Waals surface area contributed by atoms with Crippen molar-refractivity contribution >= 4 is 27.3 Å². The van der Waals surface area contributed by atoms with Crippen molar-refractivity contribution in [2.75, 3.05) is 0 Å². The number of rotatable bonds is 6.